The van der Waals surface area contributed by atoms with Gasteiger partial charge in [-0.15, -0.1) is 0 Å². The second-order valence-electron chi connectivity index (χ2n) is 9.16. The van der Waals surface area contributed by atoms with E-state index in [0.717, 1.165) is 6.07 Å². The van der Waals surface area contributed by atoms with E-state index in [1.165, 1.54) is 17.7 Å². The summed E-state index contributed by atoms with van der Waals surface area (Å²) in [6.45, 7) is 5.43. The van der Waals surface area contributed by atoms with E-state index in [1.54, 1.807) is 13.0 Å². The average molecular weight is 496 g/mol. The molecule has 0 fully saturated rings. The highest BCUT2D eigenvalue weighted by molar-refractivity contribution is 5.98. The number of rotatable bonds is 4. The first-order chi connectivity index (χ1) is 17.1. The summed E-state index contributed by atoms with van der Waals surface area (Å²) in [7, 11) is 1.37. The minimum atomic E-state index is -1.95. The van der Waals surface area contributed by atoms with Gasteiger partial charge in [0.05, 0.1) is 34.7 Å². The van der Waals surface area contributed by atoms with Gasteiger partial charge in [-0.25, -0.2) is 19.0 Å². The molecular weight excluding hydrogens is 471 g/mol. The number of nitrogens with zero attached hydrogens (tertiary/aromatic N) is 2. The number of anilines is 1. The molecule has 5 rings (SSSR count). The molecule has 1 atom stereocenters. The summed E-state index contributed by atoms with van der Waals surface area (Å²) in [5, 5.41) is 17.2. The van der Waals surface area contributed by atoms with Crippen molar-refractivity contribution in [1.82, 2.24) is 14.9 Å². The Morgan fingerprint density at radius 2 is 2.06 bits per heavy atom. The number of ether oxygens (including phenoxy) is 2. The van der Waals surface area contributed by atoms with Crippen molar-refractivity contribution < 1.29 is 28.6 Å². The number of fused-ring (bicyclic) bond motifs is 5. The molecule has 36 heavy (non-hydrogen) atoms. The molecule has 0 radical (unpaired) electrons. The van der Waals surface area contributed by atoms with E-state index in [4.69, 9.17) is 9.47 Å². The summed E-state index contributed by atoms with van der Waals surface area (Å²) < 4.78 is 26.5. The van der Waals surface area contributed by atoms with E-state index >= 15 is 0 Å². The predicted molar refractivity (Wildman–Crippen MR) is 128 cm³/mol. The molecule has 0 unspecified atom stereocenters. The lowest BCUT2D eigenvalue weighted by Crippen LogP contribution is -2.44. The van der Waals surface area contributed by atoms with Crippen LogP contribution in [-0.2, 0) is 28.3 Å². The zero-order chi connectivity index (χ0) is 25.9. The smallest absolute Gasteiger partial charge is 0.412 e. The van der Waals surface area contributed by atoms with Gasteiger partial charge in [0.25, 0.3) is 5.56 Å². The number of benzene rings is 1. The van der Waals surface area contributed by atoms with Crippen LogP contribution in [0.5, 0.6) is 5.75 Å². The third-order valence-electron chi connectivity index (χ3n) is 6.58. The van der Waals surface area contributed by atoms with Gasteiger partial charge in [-0.2, -0.15) is 0 Å². The lowest BCUT2D eigenvalue weighted by molar-refractivity contribution is -0.172. The molecule has 2 aliphatic rings. The summed E-state index contributed by atoms with van der Waals surface area (Å²) in [5.74, 6) is -1.85. The lowest BCUT2D eigenvalue weighted by Gasteiger charge is -2.31. The summed E-state index contributed by atoms with van der Waals surface area (Å²) in [6, 6.07) is 4.14. The highest BCUT2D eigenvalue weighted by Crippen LogP contribution is 2.43. The Morgan fingerprint density at radius 1 is 1.31 bits per heavy atom. The van der Waals surface area contributed by atoms with Crippen molar-refractivity contribution in [3.8, 4) is 17.1 Å². The average Bonchev–Trinajstić information content (AvgIpc) is 3.21. The molecule has 1 aromatic carbocycles. The molecule has 2 aliphatic heterocycles. The van der Waals surface area contributed by atoms with E-state index in [-0.39, 0.29) is 48.0 Å². The van der Waals surface area contributed by atoms with Crippen LogP contribution in [0.25, 0.3) is 22.3 Å². The SMILES string of the molecule is CC[C@@]1(O)C(=O)OCc2c1cc1n(c2=O)Cc2c-1nc1cc(F)c(OC(=O)NC)cc1c2NC(C)C. The third-order valence-corrected chi connectivity index (χ3v) is 6.58. The highest BCUT2D eigenvalue weighted by atomic mass is 19.1. The standard InChI is InChI=1S/C25H25FN4O6/c1-5-25(34)15-7-18-21-13(9-30(18)22(31)14(15)10-35-23(25)32)20(28-11(2)3)12-6-19(36-24(33)27-4)16(26)8-17(12)29-21/h6-8,11,34H,5,9-10H2,1-4H3,(H,27,33)(H,28,29)/t25-/m0/s1. The van der Waals surface area contributed by atoms with Crippen molar-refractivity contribution >= 4 is 28.7 Å². The first kappa shape index (κ1) is 23.7. The number of amides is 1. The third kappa shape index (κ3) is 3.41. The number of nitrogens with one attached hydrogen (secondary N) is 2. The molecular formula is C25H25FN4O6. The van der Waals surface area contributed by atoms with Crippen molar-refractivity contribution in [2.45, 2.75) is 52.0 Å². The molecule has 4 heterocycles. The van der Waals surface area contributed by atoms with E-state index in [2.05, 4.69) is 15.6 Å². The van der Waals surface area contributed by atoms with E-state index < -0.39 is 29.0 Å². The Labute approximate surface area is 205 Å². The number of hydrogen-bond donors (Lipinski definition) is 3. The second kappa shape index (κ2) is 8.30. The van der Waals surface area contributed by atoms with Crippen molar-refractivity contribution in [3.63, 3.8) is 0 Å². The fourth-order valence-electron chi connectivity index (χ4n) is 4.76. The molecule has 2 aromatic heterocycles. The molecule has 3 aromatic rings. The number of hydrogen-bond acceptors (Lipinski definition) is 8. The minimum Gasteiger partial charge on any atom is -0.458 e. The quantitative estimate of drug-likeness (QED) is 0.368. The van der Waals surface area contributed by atoms with Crippen LogP contribution in [-0.4, -0.2) is 39.8 Å². The second-order valence-corrected chi connectivity index (χ2v) is 9.16. The maximum Gasteiger partial charge on any atom is 0.412 e. The van der Waals surface area contributed by atoms with Gasteiger partial charge < -0.3 is 29.8 Å². The zero-order valence-corrected chi connectivity index (χ0v) is 20.2. The summed E-state index contributed by atoms with van der Waals surface area (Å²) in [4.78, 5) is 42.2. The maximum absolute atomic E-state index is 14.8. The molecule has 0 bridgehead atoms. The Kier molecular flexibility index (Phi) is 5.47. The fourth-order valence-corrected chi connectivity index (χ4v) is 4.76. The molecule has 0 saturated heterocycles. The van der Waals surface area contributed by atoms with Crippen LogP contribution in [0.4, 0.5) is 14.9 Å². The summed E-state index contributed by atoms with van der Waals surface area (Å²) in [5.41, 5.74) is 0.497. The van der Waals surface area contributed by atoms with Crippen LogP contribution in [0, 0.1) is 5.82 Å². The molecule has 11 heteroatoms. The number of aromatic nitrogens is 2. The zero-order valence-electron chi connectivity index (χ0n) is 20.2. The van der Waals surface area contributed by atoms with Crippen LogP contribution < -0.4 is 20.9 Å². The Bertz CT molecular complexity index is 1520. The van der Waals surface area contributed by atoms with Crippen molar-refractivity contribution in [1.29, 1.82) is 0 Å². The van der Waals surface area contributed by atoms with Crippen LogP contribution in [0.1, 0.15) is 43.9 Å². The largest absolute Gasteiger partial charge is 0.458 e. The molecule has 0 saturated carbocycles. The molecule has 3 N–H and O–H groups in total. The number of halogens is 1. The Hall–Kier alpha value is -3.99. The van der Waals surface area contributed by atoms with Crippen LogP contribution in [0.3, 0.4) is 0 Å². The van der Waals surface area contributed by atoms with Gasteiger partial charge in [-0.05, 0) is 32.4 Å². The first-order valence-electron chi connectivity index (χ1n) is 11.6. The number of cyclic esters (lactones) is 1. The van der Waals surface area contributed by atoms with Crippen molar-refractivity contribution in [2.24, 2.45) is 0 Å². The Balaban J connectivity index is 1.78. The predicted octanol–water partition coefficient (Wildman–Crippen LogP) is 2.76. The maximum atomic E-state index is 14.8. The topological polar surface area (TPSA) is 132 Å². The van der Waals surface area contributed by atoms with E-state index in [9.17, 15) is 23.9 Å². The van der Waals surface area contributed by atoms with Gasteiger partial charge in [-0.3, -0.25) is 4.79 Å². The fraction of sp³-hybridized carbons (Fsp3) is 0.360. The molecule has 1 amide bonds. The molecule has 10 nitrogen and oxygen atoms in total. The normalized spacial score (nSPS) is 17.9. The molecule has 0 spiro atoms. The number of aliphatic hydroxyl groups is 1. The van der Waals surface area contributed by atoms with Gasteiger partial charge in [0.15, 0.2) is 17.2 Å². The number of carbonyl (C=O) groups excluding carboxylic acids is 2. The minimum absolute atomic E-state index is 0.0270. The monoisotopic (exact) mass is 496 g/mol. The van der Waals surface area contributed by atoms with E-state index in [0.29, 0.717) is 28.0 Å². The highest BCUT2D eigenvalue weighted by Gasteiger charge is 2.45. The van der Waals surface area contributed by atoms with Crippen LogP contribution in [0.2, 0.25) is 0 Å². The summed E-state index contributed by atoms with van der Waals surface area (Å²) >= 11 is 0. The summed E-state index contributed by atoms with van der Waals surface area (Å²) in [6.07, 6.45) is -0.787. The van der Waals surface area contributed by atoms with Gasteiger partial charge in [0.1, 0.15) is 6.61 Å². The van der Waals surface area contributed by atoms with Crippen molar-refractivity contribution in [2.75, 3.05) is 12.4 Å². The molecule has 0 aliphatic carbocycles. The van der Waals surface area contributed by atoms with Crippen LogP contribution in [0.15, 0.2) is 23.0 Å². The van der Waals surface area contributed by atoms with Gasteiger partial charge in [-0.1, -0.05) is 6.92 Å². The Morgan fingerprint density at radius 3 is 2.72 bits per heavy atom. The number of pyridine rings is 2. The van der Waals surface area contributed by atoms with Gasteiger partial charge in [0.2, 0.25) is 0 Å². The van der Waals surface area contributed by atoms with Gasteiger partial charge >= 0.3 is 12.1 Å². The lowest BCUT2D eigenvalue weighted by atomic mass is 9.86. The van der Waals surface area contributed by atoms with Crippen LogP contribution >= 0.6 is 0 Å². The number of esters is 1. The molecule has 188 valence electrons. The van der Waals surface area contributed by atoms with E-state index in [1.807, 2.05) is 13.8 Å². The first-order valence-corrected chi connectivity index (χ1v) is 11.6. The van der Waals surface area contributed by atoms with Crippen molar-refractivity contribution in [3.05, 3.63) is 51.1 Å². The van der Waals surface area contributed by atoms with Gasteiger partial charge in [0, 0.05) is 35.7 Å². The number of carbonyl (C=O) groups is 2.